The van der Waals surface area contributed by atoms with Gasteiger partial charge in [0, 0.05) is 34.2 Å². The first kappa shape index (κ1) is 18.6. The van der Waals surface area contributed by atoms with Crippen molar-refractivity contribution in [3.8, 4) is 0 Å². The maximum atomic E-state index is 12.7. The van der Waals surface area contributed by atoms with Crippen molar-refractivity contribution in [3.05, 3.63) is 29.3 Å². The molecule has 1 aromatic carbocycles. The van der Waals surface area contributed by atoms with E-state index < -0.39 is 5.97 Å². The van der Waals surface area contributed by atoms with Gasteiger partial charge >= 0.3 is 5.97 Å². The normalized spacial score (nSPS) is 24.9. The van der Waals surface area contributed by atoms with E-state index in [0.717, 1.165) is 43.8 Å². The predicted molar refractivity (Wildman–Crippen MR) is 100.0 cm³/mol. The summed E-state index contributed by atoms with van der Waals surface area (Å²) in [7, 11) is 0. The highest BCUT2D eigenvalue weighted by molar-refractivity contribution is 8.00. The highest BCUT2D eigenvalue weighted by atomic mass is 35.5. The zero-order valence-corrected chi connectivity index (χ0v) is 15.8. The second kappa shape index (κ2) is 8.45. The Morgan fingerprint density at radius 3 is 2.32 bits per heavy atom. The molecule has 0 bridgehead atoms. The summed E-state index contributed by atoms with van der Waals surface area (Å²) in [5.74, 6) is -1.03. The molecule has 6 heteroatoms. The van der Waals surface area contributed by atoms with Gasteiger partial charge in [-0.25, -0.2) is 0 Å². The van der Waals surface area contributed by atoms with Gasteiger partial charge in [0.25, 0.3) is 0 Å². The van der Waals surface area contributed by atoms with E-state index in [1.165, 1.54) is 4.90 Å². The van der Waals surface area contributed by atoms with Gasteiger partial charge in [0.05, 0.1) is 5.92 Å². The van der Waals surface area contributed by atoms with Gasteiger partial charge in [0.2, 0.25) is 5.91 Å². The maximum Gasteiger partial charge on any atom is 0.306 e. The Kier molecular flexibility index (Phi) is 6.29. The molecular weight excluding hydrogens is 358 g/mol. The number of hydrogen-bond donors (Lipinski definition) is 1. The lowest BCUT2D eigenvalue weighted by Gasteiger charge is -2.36. The standard InChI is InChI=1S/C19H24ClNO3S/c20-15-4-6-16(7-5-15)25-17-8-10-21(11-9-17)18(22)13-2-1-3-14(12-13)19(23)24/h4-7,13-14,17H,1-3,8-12H2,(H,23,24). The first-order chi connectivity index (χ1) is 12.0. The molecule has 4 nitrogen and oxygen atoms in total. The van der Waals surface area contributed by atoms with Crippen LogP contribution >= 0.6 is 23.4 Å². The number of nitrogens with zero attached hydrogens (tertiary/aromatic N) is 1. The van der Waals surface area contributed by atoms with Crippen molar-refractivity contribution in [2.45, 2.75) is 48.7 Å². The molecule has 1 aromatic rings. The molecular formula is C19H24ClNO3S. The fourth-order valence-electron chi connectivity index (χ4n) is 3.80. The van der Waals surface area contributed by atoms with Crippen molar-refractivity contribution in [2.75, 3.05) is 13.1 Å². The van der Waals surface area contributed by atoms with Gasteiger partial charge in [-0.05, 0) is 56.4 Å². The number of carbonyl (C=O) groups is 2. The highest BCUT2D eigenvalue weighted by Crippen LogP contribution is 2.34. The first-order valence-corrected chi connectivity index (χ1v) is 10.2. The summed E-state index contributed by atoms with van der Waals surface area (Å²) in [5.41, 5.74) is 0. The quantitative estimate of drug-likeness (QED) is 0.844. The zero-order valence-electron chi connectivity index (χ0n) is 14.2. The minimum atomic E-state index is -0.754. The number of thioether (sulfide) groups is 1. The Hall–Kier alpha value is -1.20. The molecule has 25 heavy (non-hydrogen) atoms. The van der Waals surface area contributed by atoms with E-state index in [1.807, 2.05) is 40.9 Å². The second-order valence-corrected chi connectivity index (χ2v) is 8.81. The van der Waals surface area contributed by atoms with Crippen LogP contribution in [0.2, 0.25) is 5.02 Å². The lowest BCUT2D eigenvalue weighted by Crippen LogP contribution is -2.44. The topological polar surface area (TPSA) is 57.6 Å². The van der Waals surface area contributed by atoms with Crippen molar-refractivity contribution in [3.63, 3.8) is 0 Å². The van der Waals surface area contributed by atoms with Crippen LogP contribution in [0.3, 0.4) is 0 Å². The van der Waals surface area contributed by atoms with Gasteiger partial charge in [0.15, 0.2) is 0 Å². The van der Waals surface area contributed by atoms with Crippen molar-refractivity contribution in [1.29, 1.82) is 0 Å². The molecule has 0 spiro atoms. The van der Waals surface area contributed by atoms with E-state index in [4.69, 9.17) is 11.6 Å². The maximum absolute atomic E-state index is 12.7. The molecule has 2 aliphatic rings. The smallest absolute Gasteiger partial charge is 0.306 e. The molecule has 0 radical (unpaired) electrons. The number of carbonyl (C=O) groups excluding carboxylic acids is 1. The van der Waals surface area contributed by atoms with Crippen LogP contribution in [0.1, 0.15) is 38.5 Å². The van der Waals surface area contributed by atoms with Gasteiger partial charge in [-0.1, -0.05) is 18.0 Å². The molecule has 1 heterocycles. The third-order valence-electron chi connectivity index (χ3n) is 5.24. The third-order valence-corrected chi connectivity index (χ3v) is 6.84. The van der Waals surface area contributed by atoms with Gasteiger partial charge < -0.3 is 10.0 Å². The van der Waals surface area contributed by atoms with E-state index >= 15 is 0 Å². The van der Waals surface area contributed by atoms with E-state index in [0.29, 0.717) is 18.1 Å². The van der Waals surface area contributed by atoms with Crippen LogP contribution < -0.4 is 0 Å². The third kappa shape index (κ3) is 4.91. The Bertz CT molecular complexity index is 614. The molecule has 1 amide bonds. The van der Waals surface area contributed by atoms with Gasteiger partial charge in [-0.15, -0.1) is 11.8 Å². The highest BCUT2D eigenvalue weighted by Gasteiger charge is 2.34. The molecule has 1 N–H and O–H groups in total. The van der Waals surface area contributed by atoms with Crippen LogP contribution in [-0.4, -0.2) is 40.2 Å². The van der Waals surface area contributed by atoms with Gasteiger partial charge in [-0.2, -0.15) is 0 Å². The summed E-state index contributed by atoms with van der Waals surface area (Å²) in [6.07, 6.45) is 4.85. The van der Waals surface area contributed by atoms with Crippen molar-refractivity contribution in [2.24, 2.45) is 11.8 Å². The lowest BCUT2D eigenvalue weighted by molar-refractivity contribution is -0.145. The van der Waals surface area contributed by atoms with Gasteiger partial charge in [-0.3, -0.25) is 9.59 Å². The number of hydrogen-bond acceptors (Lipinski definition) is 3. The fraction of sp³-hybridized carbons (Fsp3) is 0.579. The van der Waals surface area contributed by atoms with Crippen LogP contribution in [0.25, 0.3) is 0 Å². The molecule has 1 saturated heterocycles. The Morgan fingerprint density at radius 1 is 1.04 bits per heavy atom. The van der Waals surface area contributed by atoms with Crippen LogP contribution in [-0.2, 0) is 9.59 Å². The van der Waals surface area contributed by atoms with Crippen molar-refractivity contribution in [1.82, 2.24) is 4.90 Å². The summed E-state index contributed by atoms with van der Waals surface area (Å²) in [4.78, 5) is 27.1. The summed E-state index contributed by atoms with van der Waals surface area (Å²) >= 11 is 7.77. The van der Waals surface area contributed by atoms with Crippen LogP contribution in [0, 0.1) is 11.8 Å². The van der Waals surface area contributed by atoms with E-state index in [-0.39, 0.29) is 17.7 Å². The molecule has 1 aliphatic heterocycles. The number of aliphatic carboxylic acids is 1. The van der Waals surface area contributed by atoms with Crippen LogP contribution in [0.15, 0.2) is 29.2 Å². The average molecular weight is 382 g/mol. The van der Waals surface area contributed by atoms with Gasteiger partial charge in [0.1, 0.15) is 0 Å². The minimum Gasteiger partial charge on any atom is -0.481 e. The number of halogens is 1. The molecule has 136 valence electrons. The average Bonchev–Trinajstić information content (AvgIpc) is 2.64. The lowest BCUT2D eigenvalue weighted by atomic mass is 9.80. The monoisotopic (exact) mass is 381 g/mol. The number of rotatable bonds is 4. The molecule has 2 unspecified atom stereocenters. The summed E-state index contributed by atoms with van der Waals surface area (Å²) in [5, 5.41) is 10.5. The van der Waals surface area contributed by atoms with Crippen molar-refractivity contribution >= 4 is 35.2 Å². The number of amides is 1. The molecule has 3 rings (SSSR count). The Balaban J connectivity index is 1.49. The summed E-state index contributed by atoms with van der Waals surface area (Å²) < 4.78 is 0. The number of piperidine rings is 1. The first-order valence-electron chi connectivity index (χ1n) is 8.96. The number of likely N-dealkylation sites (tertiary alicyclic amines) is 1. The van der Waals surface area contributed by atoms with E-state index in [2.05, 4.69) is 0 Å². The zero-order chi connectivity index (χ0) is 17.8. The molecule has 1 saturated carbocycles. The summed E-state index contributed by atoms with van der Waals surface area (Å²) in [6, 6.07) is 7.90. The number of benzene rings is 1. The van der Waals surface area contributed by atoms with E-state index in [9.17, 15) is 14.7 Å². The Morgan fingerprint density at radius 2 is 1.68 bits per heavy atom. The minimum absolute atomic E-state index is 0.102. The number of carboxylic acid groups (broad SMARTS) is 1. The molecule has 2 fully saturated rings. The second-order valence-electron chi connectivity index (χ2n) is 7.00. The fourth-order valence-corrected chi connectivity index (χ4v) is 5.05. The Labute approximate surface area is 157 Å². The van der Waals surface area contributed by atoms with E-state index in [1.54, 1.807) is 0 Å². The van der Waals surface area contributed by atoms with Crippen LogP contribution in [0.4, 0.5) is 0 Å². The number of carboxylic acids is 1. The SMILES string of the molecule is O=C(O)C1CCCC(C(=O)N2CCC(Sc3ccc(Cl)cc3)CC2)C1. The largest absolute Gasteiger partial charge is 0.481 e. The predicted octanol–water partition coefficient (Wildman–Crippen LogP) is 4.31. The molecule has 0 aromatic heterocycles. The summed E-state index contributed by atoms with van der Waals surface area (Å²) in [6.45, 7) is 1.55. The van der Waals surface area contributed by atoms with Crippen molar-refractivity contribution < 1.29 is 14.7 Å². The molecule has 2 atom stereocenters. The molecule has 1 aliphatic carbocycles. The van der Waals surface area contributed by atoms with Crippen LogP contribution in [0.5, 0.6) is 0 Å².